The van der Waals surface area contributed by atoms with E-state index in [4.69, 9.17) is 4.74 Å². The zero-order chi connectivity index (χ0) is 19.2. The van der Waals surface area contributed by atoms with Crippen LogP contribution in [0.15, 0.2) is 30.3 Å². The molecule has 4 rings (SSSR count). The van der Waals surface area contributed by atoms with Crippen LogP contribution in [0.4, 0.5) is 0 Å². The van der Waals surface area contributed by atoms with Crippen LogP contribution in [0.5, 0.6) is 0 Å². The first-order chi connectivity index (χ1) is 13.0. The van der Waals surface area contributed by atoms with Crippen LogP contribution in [0.25, 0.3) is 0 Å². The molecule has 27 heavy (non-hydrogen) atoms. The van der Waals surface area contributed by atoms with E-state index in [-0.39, 0.29) is 48.0 Å². The molecule has 1 aromatic rings. The summed E-state index contributed by atoms with van der Waals surface area (Å²) in [6.07, 6.45) is 4.91. The highest BCUT2D eigenvalue weighted by Crippen LogP contribution is 2.56. The van der Waals surface area contributed by atoms with Gasteiger partial charge in [-0.3, -0.25) is 9.59 Å². The molecule has 0 N–H and O–H groups in total. The molecule has 5 heteroatoms. The van der Waals surface area contributed by atoms with Crippen LogP contribution in [0.2, 0.25) is 0 Å². The van der Waals surface area contributed by atoms with Crippen molar-refractivity contribution in [1.29, 1.82) is 0 Å². The fraction of sp³-hybridized carbons (Fsp3) is 0.636. The first-order valence-corrected chi connectivity index (χ1v) is 10.1. The third kappa shape index (κ3) is 2.87. The molecule has 3 fully saturated rings. The maximum absolute atomic E-state index is 13.1. The highest BCUT2D eigenvalue weighted by Gasteiger charge is 2.64. The number of amides is 2. The van der Waals surface area contributed by atoms with E-state index in [1.165, 1.54) is 5.56 Å². The number of hydrogen-bond donors (Lipinski definition) is 0. The lowest BCUT2D eigenvalue weighted by Crippen LogP contribution is -2.63. The topological polar surface area (TPSA) is 49.9 Å². The number of likely N-dealkylation sites (tertiary alicyclic amines) is 2. The molecule has 2 bridgehead atoms. The normalized spacial score (nSPS) is 34.6. The summed E-state index contributed by atoms with van der Waals surface area (Å²) < 4.78 is 5.22. The summed E-state index contributed by atoms with van der Waals surface area (Å²) in [6, 6.07) is 10.9. The minimum atomic E-state index is -0.00875. The van der Waals surface area contributed by atoms with Gasteiger partial charge in [0.1, 0.15) is 6.61 Å². The molecule has 0 radical (unpaired) electrons. The minimum absolute atomic E-state index is 0.00875. The Balaban J connectivity index is 1.77. The molecule has 0 aromatic heterocycles. The van der Waals surface area contributed by atoms with Gasteiger partial charge in [-0.1, -0.05) is 37.3 Å². The van der Waals surface area contributed by atoms with E-state index in [0.717, 1.165) is 32.1 Å². The molecule has 1 aromatic carbocycles. The van der Waals surface area contributed by atoms with Crippen LogP contribution >= 0.6 is 0 Å². The third-order valence-corrected chi connectivity index (χ3v) is 7.16. The Hall–Kier alpha value is -1.88. The molecule has 0 unspecified atom stereocenters. The molecule has 2 saturated heterocycles. The first kappa shape index (κ1) is 18.5. The molecule has 0 spiro atoms. The fourth-order valence-corrected chi connectivity index (χ4v) is 6.19. The third-order valence-electron chi connectivity index (χ3n) is 7.16. The van der Waals surface area contributed by atoms with E-state index in [0.29, 0.717) is 0 Å². The lowest BCUT2D eigenvalue weighted by atomic mass is 9.64. The number of carbonyl (C=O) groups excluding carboxylic acids is 2. The number of fused-ring (bicyclic) bond motifs is 1. The van der Waals surface area contributed by atoms with Crippen LogP contribution in [0, 0.1) is 5.41 Å². The van der Waals surface area contributed by atoms with Crippen LogP contribution in [-0.2, 0) is 20.7 Å². The molecule has 2 heterocycles. The molecule has 2 amide bonds. The molecule has 1 saturated carbocycles. The maximum atomic E-state index is 13.1. The first-order valence-electron chi connectivity index (χ1n) is 10.1. The Morgan fingerprint density at radius 2 is 1.81 bits per heavy atom. The number of carbonyl (C=O) groups is 2. The molecular weight excluding hydrogens is 340 g/mol. The lowest BCUT2D eigenvalue weighted by molar-refractivity contribution is -0.149. The van der Waals surface area contributed by atoms with Crippen LogP contribution in [0.3, 0.4) is 0 Å². The number of ether oxygens (including phenoxy) is 1. The summed E-state index contributed by atoms with van der Waals surface area (Å²) in [5.74, 6) is 0.207. The summed E-state index contributed by atoms with van der Waals surface area (Å²) >= 11 is 0. The average molecular weight is 370 g/mol. The number of nitrogens with zero attached hydrogens (tertiary/aromatic N) is 2. The molecule has 2 aliphatic heterocycles. The van der Waals surface area contributed by atoms with Gasteiger partial charge in [-0.2, -0.15) is 0 Å². The van der Waals surface area contributed by atoms with Crippen LogP contribution in [0.1, 0.15) is 45.1 Å². The Morgan fingerprint density at radius 1 is 1.15 bits per heavy atom. The SMILES string of the molecule is COCC(=O)N1[C@@H](Cc2ccccc2)[C@@H]2C[C@@]3(C)[C@H](CCC[C@@H]13)N2C(C)=O. The van der Waals surface area contributed by atoms with Crippen molar-refractivity contribution >= 4 is 11.8 Å². The minimum Gasteiger partial charge on any atom is -0.375 e. The zero-order valence-corrected chi connectivity index (χ0v) is 16.6. The van der Waals surface area contributed by atoms with Crippen molar-refractivity contribution in [2.75, 3.05) is 13.7 Å². The van der Waals surface area contributed by atoms with Crippen molar-refractivity contribution in [3.63, 3.8) is 0 Å². The van der Waals surface area contributed by atoms with Crippen LogP contribution in [-0.4, -0.2) is 59.5 Å². The second-order valence-corrected chi connectivity index (χ2v) is 8.66. The highest BCUT2D eigenvalue weighted by atomic mass is 16.5. The quantitative estimate of drug-likeness (QED) is 0.819. The second-order valence-electron chi connectivity index (χ2n) is 8.66. The predicted molar refractivity (Wildman–Crippen MR) is 103 cm³/mol. The Morgan fingerprint density at radius 3 is 2.44 bits per heavy atom. The van der Waals surface area contributed by atoms with E-state index in [1.807, 2.05) is 18.2 Å². The van der Waals surface area contributed by atoms with Crippen molar-refractivity contribution < 1.29 is 14.3 Å². The monoisotopic (exact) mass is 370 g/mol. The standard InChI is InChI=1S/C22H30N2O3/c1-15(25)23-18-13-22(2)19(23)10-7-11-20(22)24(21(26)14-27-3)17(18)12-16-8-5-4-6-9-16/h4-6,8-9,17-20H,7,10-14H2,1-3H3/t17-,18-,19-,20+,22-/m0/s1. The van der Waals surface area contributed by atoms with Gasteiger partial charge in [0, 0.05) is 31.5 Å². The fourth-order valence-electron chi connectivity index (χ4n) is 6.19. The number of piperidine rings is 1. The highest BCUT2D eigenvalue weighted by molar-refractivity contribution is 5.80. The van der Waals surface area contributed by atoms with E-state index in [2.05, 4.69) is 28.9 Å². The largest absolute Gasteiger partial charge is 0.375 e. The number of rotatable bonds is 4. The predicted octanol–water partition coefficient (Wildman–Crippen LogP) is 2.63. The van der Waals surface area contributed by atoms with Gasteiger partial charge in [-0.15, -0.1) is 0 Å². The summed E-state index contributed by atoms with van der Waals surface area (Å²) in [4.78, 5) is 30.0. The van der Waals surface area contributed by atoms with Crippen molar-refractivity contribution in [2.24, 2.45) is 5.41 Å². The smallest absolute Gasteiger partial charge is 0.249 e. The molecule has 5 nitrogen and oxygen atoms in total. The van der Waals surface area contributed by atoms with E-state index in [9.17, 15) is 9.59 Å². The van der Waals surface area contributed by atoms with E-state index >= 15 is 0 Å². The summed E-state index contributed by atoms with van der Waals surface area (Å²) in [7, 11) is 1.58. The molecule has 3 aliphatic rings. The van der Waals surface area contributed by atoms with Gasteiger partial charge in [0.2, 0.25) is 11.8 Å². The molecule has 5 atom stereocenters. The van der Waals surface area contributed by atoms with Crippen molar-refractivity contribution in [3.05, 3.63) is 35.9 Å². The summed E-state index contributed by atoms with van der Waals surface area (Å²) in [5, 5.41) is 0. The van der Waals surface area contributed by atoms with Gasteiger partial charge < -0.3 is 14.5 Å². The number of methoxy groups -OCH3 is 1. The van der Waals surface area contributed by atoms with Crippen molar-refractivity contribution in [1.82, 2.24) is 9.80 Å². The Bertz CT molecular complexity index is 722. The summed E-state index contributed by atoms with van der Waals surface area (Å²) in [6.45, 7) is 4.09. The number of benzene rings is 1. The van der Waals surface area contributed by atoms with Gasteiger partial charge in [0.05, 0.1) is 12.1 Å². The average Bonchev–Trinajstić information content (AvgIpc) is 2.95. The summed E-state index contributed by atoms with van der Waals surface area (Å²) in [5.41, 5.74) is 1.21. The second kappa shape index (κ2) is 6.93. The van der Waals surface area contributed by atoms with Crippen molar-refractivity contribution in [3.8, 4) is 0 Å². The van der Waals surface area contributed by atoms with Gasteiger partial charge >= 0.3 is 0 Å². The Kier molecular flexibility index (Phi) is 4.75. The number of hydrogen-bond acceptors (Lipinski definition) is 3. The molecular formula is C22H30N2O3. The van der Waals surface area contributed by atoms with E-state index < -0.39 is 0 Å². The maximum Gasteiger partial charge on any atom is 0.249 e. The zero-order valence-electron chi connectivity index (χ0n) is 16.6. The lowest BCUT2D eigenvalue weighted by Gasteiger charge is -2.53. The van der Waals surface area contributed by atoms with Gasteiger partial charge in [-0.25, -0.2) is 0 Å². The van der Waals surface area contributed by atoms with Gasteiger partial charge in [0.15, 0.2) is 0 Å². The molecule has 1 aliphatic carbocycles. The van der Waals surface area contributed by atoms with Gasteiger partial charge in [-0.05, 0) is 37.7 Å². The van der Waals surface area contributed by atoms with Crippen molar-refractivity contribution in [2.45, 2.75) is 70.1 Å². The van der Waals surface area contributed by atoms with Gasteiger partial charge in [0.25, 0.3) is 0 Å². The van der Waals surface area contributed by atoms with Crippen LogP contribution < -0.4 is 0 Å². The molecule has 146 valence electrons. The Labute approximate surface area is 161 Å². The van der Waals surface area contributed by atoms with E-state index in [1.54, 1.807) is 14.0 Å².